The summed E-state index contributed by atoms with van der Waals surface area (Å²) in [5, 5.41) is 0. The van der Waals surface area contributed by atoms with Crippen LogP contribution >= 0.6 is 0 Å². The van der Waals surface area contributed by atoms with Crippen LogP contribution in [0.1, 0.15) is 18.9 Å². The molecule has 0 amide bonds. The molecule has 0 saturated heterocycles. The van der Waals surface area contributed by atoms with E-state index in [0.717, 1.165) is 12.5 Å². The Balaban J connectivity index is 2.62. The van der Waals surface area contributed by atoms with Crippen molar-refractivity contribution in [1.29, 1.82) is 0 Å². The molecule has 102 valence electrons. The first-order valence-electron chi connectivity index (χ1n) is 5.95. The van der Waals surface area contributed by atoms with E-state index in [1.165, 1.54) is 12.1 Å². The summed E-state index contributed by atoms with van der Waals surface area (Å²) < 4.78 is 31.3. The Hall–Kier alpha value is -1.04. The van der Waals surface area contributed by atoms with Gasteiger partial charge in [-0.1, -0.05) is 13.0 Å². The average Bonchev–Trinajstić information content (AvgIpc) is 2.31. The number of methoxy groups -OCH3 is 1. The molecule has 0 spiro atoms. The molecule has 0 fully saturated rings. The lowest BCUT2D eigenvalue weighted by molar-refractivity contribution is 0.149. The summed E-state index contributed by atoms with van der Waals surface area (Å²) in [5.41, 5.74) is 3.13. The van der Waals surface area contributed by atoms with E-state index in [2.05, 4.69) is 5.43 Å². The molecule has 0 radical (unpaired) electrons. The molecule has 3 N–H and O–H groups in total. The Morgan fingerprint density at radius 1 is 1.39 bits per heavy atom. The summed E-state index contributed by atoms with van der Waals surface area (Å²) in [7, 11) is 1.64. The number of hydrazine groups is 1. The molecule has 2 unspecified atom stereocenters. The number of rotatable bonds is 7. The lowest BCUT2D eigenvalue weighted by atomic mass is 9.97. The number of hydrogen-bond acceptors (Lipinski definition) is 3. The summed E-state index contributed by atoms with van der Waals surface area (Å²) in [6, 6.07) is 3.54. The van der Waals surface area contributed by atoms with Crippen LogP contribution in [0.3, 0.4) is 0 Å². The van der Waals surface area contributed by atoms with Crippen LogP contribution in [0.5, 0.6) is 0 Å². The lowest BCUT2D eigenvalue weighted by Crippen LogP contribution is -2.38. The Morgan fingerprint density at radius 2 is 2.11 bits per heavy atom. The van der Waals surface area contributed by atoms with Crippen molar-refractivity contribution in [2.24, 2.45) is 11.8 Å². The first-order chi connectivity index (χ1) is 8.56. The fourth-order valence-corrected chi connectivity index (χ4v) is 2.00. The fraction of sp³-hybridized carbons (Fsp3) is 0.538. The molecule has 1 rings (SSSR count). The molecule has 0 aliphatic carbocycles. The Bertz CT molecular complexity index is 374. The van der Waals surface area contributed by atoms with Gasteiger partial charge in [-0.15, -0.1) is 0 Å². The molecule has 1 aromatic rings. The predicted molar refractivity (Wildman–Crippen MR) is 66.8 cm³/mol. The van der Waals surface area contributed by atoms with E-state index in [4.69, 9.17) is 10.6 Å². The minimum atomic E-state index is -0.568. The van der Waals surface area contributed by atoms with Crippen molar-refractivity contribution in [3.8, 4) is 0 Å². The second-order valence-corrected chi connectivity index (χ2v) is 4.60. The molecule has 0 heterocycles. The smallest absolute Gasteiger partial charge is 0.129 e. The van der Waals surface area contributed by atoms with Gasteiger partial charge in [0.15, 0.2) is 0 Å². The second kappa shape index (κ2) is 7.41. The Kier molecular flexibility index (Phi) is 6.18. The predicted octanol–water partition coefficient (Wildman–Crippen LogP) is 2.01. The van der Waals surface area contributed by atoms with Gasteiger partial charge >= 0.3 is 0 Å². The summed E-state index contributed by atoms with van der Waals surface area (Å²) in [6.45, 7) is 2.67. The maximum atomic E-state index is 13.5. The van der Waals surface area contributed by atoms with Gasteiger partial charge in [0.05, 0.1) is 0 Å². The zero-order valence-corrected chi connectivity index (χ0v) is 10.7. The van der Waals surface area contributed by atoms with Crippen molar-refractivity contribution < 1.29 is 13.5 Å². The fourth-order valence-electron chi connectivity index (χ4n) is 2.00. The van der Waals surface area contributed by atoms with Gasteiger partial charge in [-0.2, -0.15) is 0 Å². The minimum Gasteiger partial charge on any atom is -0.384 e. The van der Waals surface area contributed by atoms with Crippen LogP contribution in [-0.2, 0) is 11.2 Å². The van der Waals surface area contributed by atoms with Gasteiger partial charge in [-0.05, 0) is 30.4 Å². The van der Waals surface area contributed by atoms with Crippen molar-refractivity contribution in [3.63, 3.8) is 0 Å². The van der Waals surface area contributed by atoms with Crippen LogP contribution in [0.4, 0.5) is 8.78 Å². The topological polar surface area (TPSA) is 47.3 Å². The van der Waals surface area contributed by atoms with Crippen LogP contribution in [0.15, 0.2) is 18.2 Å². The minimum absolute atomic E-state index is 0.0601. The Morgan fingerprint density at radius 3 is 2.67 bits per heavy atom. The average molecular weight is 258 g/mol. The first-order valence-corrected chi connectivity index (χ1v) is 5.95. The third-order valence-electron chi connectivity index (χ3n) is 2.86. The summed E-state index contributed by atoms with van der Waals surface area (Å²) in [4.78, 5) is 0. The molecular weight excluding hydrogens is 238 g/mol. The van der Waals surface area contributed by atoms with Crippen LogP contribution in [0.25, 0.3) is 0 Å². The molecule has 0 aromatic heterocycles. The molecule has 0 aliphatic heterocycles. The third kappa shape index (κ3) is 4.68. The molecule has 3 nitrogen and oxygen atoms in total. The maximum Gasteiger partial charge on any atom is 0.129 e. The van der Waals surface area contributed by atoms with E-state index in [0.29, 0.717) is 24.5 Å². The standard InChI is InChI=1S/C13H20F2N2O/c1-9(8-18-2)5-12(17-16)6-10-3-4-11(14)7-13(10)15/h3-4,7,9,12,17H,5-6,8,16H2,1-2H3. The van der Waals surface area contributed by atoms with E-state index >= 15 is 0 Å². The highest BCUT2D eigenvalue weighted by atomic mass is 19.1. The van der Waals surface area contributed by atoms with E-state index < -0.39 is 11.6 Å². The molecule has 0 aliphatic rings. The van der Waals surface area contributed by atoms with Crippen molar-refractivity contribution in [3.05, 3.63) is 35.4 Å². The van der Waals surface area contributed by atoms with E-state index in [1.54, 1.807) is 7.11 Å². The van der Waals surface area contributed by atoms with Gasteiger partial charge in [0.1, 0.15) is 11.6 Å². The van der Waals surface area contributed by atoms with Crippen molar-refractivity contribution in [2.75, 3.05) is 13.7 Å². The number of halogens is 2. The number of ether oxygens (including phenoxy) is 1. The highest BCUT2D eigenvalue weighted by molar-refractivity contribution is 5.19. The molecule has 2 atom stereocenters. The van der Waals surface area contributed by atoms with Crippen molar-refractivity contribution >= 4 is 0 Å². The van der Waals surface area contributed by atoms with Crippen molar-refractivity contribution in [1.82, 2.24) is 5.43 Å². The second-order valence-electron chi connectivity index (χ2n) is 4.60. The van der Waals surface area contributed by atoms with E-state index in [1.807, 2.05) is 6.92 Å². The summed E-state index contributed by atoms with van der Waals surface area (Å²) >= 11 is 0. The van der Waals surface area contributed by atoms with Gasteiger partial charge in [0, 0.05) is 25.8 Å². The summed E-state index contributed by atoms with van der Waals surface area (Å²) in [5.74, 6) is 4.68. The Labute approximate surface area is 106 Å². The molecule has 0 saturated carbocycles. The monoisotopic (exact) mass is 258 g/mol. The SMILES string of the molecule is COCC(C)CC(Cc1ccc(F)cc1F)NN. The van der Waals surface area contributed by atoms with Gasteiger partial charge in [-0.25, -0.2) is 8.78 Å². The highest BCUT2D eigenvalue weighted by Crippen LogP contribution is 2.15. The first kappa shape index (κ1) is 15.0. The normalized spacial score (nSPS) is 14.5. The zero-order valence-electron chi connectivity index (χ0n) is 10.7. The number of benzene rings is 1. The number of nitrogens with one attached hydrogen (secondary N) is 1. The largest absolute Gasteiger partial charge is 0.384 e. The van der Waals surface area contributed by atoms with Crippen molar-refractivity contribution in [2.45, 2.75) is 25.8 Å². The lowest BCUT2D eigenvalue weighted by Gasteiger charge is -2.20. The van der Waals surface area contributed by atoms with Crippen LogP contribution in [-0.4, -0.2) is 19.8 Å². The molecule has 0 bridgehead atoms. The number of nitrogens with two attached hydrogens (primary N) is 1. The van der Waals surface area contributed by atoms with Gasteiger partial charge < -0.3 is 4.74 Å². The molecule has 1 aromatic carbocycles. The van der Waals surface area contributed by atoms with Gasteiger partial charge in [0.25, 0.3) is 0 Å². The van der Waals surface area contributed by atoms with Gasteiger partial charge in [-0.3, -0.25) is 11.3 Å². The summed E-state index contributed by atoms with van der Waals surface area (Å²) in [6.07, 6.45) is 1.19. The van der Waals surface area contributed by atoms with Crippen LogP contribution < -0.4 is 11.3 Å². The molecular formula is C13H20F2N2O. The van der Waals surface area contributed by atoms with Crippen LogP contribution in [0.2, 0.25) is 0 Å². The molecule has 5 heteroatoms. The van der Waals surface area contributed by atoms with E-state index in [9.17, 15) is 8.78 Å². The zero-order chi connectivity index (χ0) is 13.5. The quantitative estimate of drug-likeness (QED) is 0.581. The van der Waals surface area contributed by atoms with E-state index in [-0.39, 0.29) is 6.04 Å². The third-order valence-corrected chi connectivity index (χ3v) is 2.86. The van der Waals surface area contributed by atoms with Gasteiger partial charge in [0.2, 0.25) is 0 Å². The highest BCUT2D eigenvalue weighted by Gasteiger charge is 2.15. The molecule has 18 heavy (non-hydrogen) atoms. The number of hydrogen-bond donors (Lipinski definition) is 2. The van der Waals surface area contributed by atoms with Crippen LogP contribution in [0, 0.1) is 17.6 Å². The maximum absolute atomic E-state index is 13.5.